The molecule has 4 heteroatoms. The average Bonchev–Trinajstić information content (AvgIpc) is 2.86. The fourth-order valence-corrected chi connectivity index (χ4v) is 2.37. The van der Waals surface area contributed by atoms with Crippen LogP contribution in [-0.4, -0.2) is 14.9 Å². The van der Waals surface area contributed by atoms with E-state index in [1.165, 1.54) is 0 Å². The molecule has 3 nitrogen and oxygen atoms in total. The summed E-state index contributed by atoms with van der Waals surface area (Å²) in [5.41, 5.74) is 1.83. The van der Waals surface area contributed by atoms with Crippen molar-refractivity contribution in [2.75, 3.05) is 0 Å². The molecule has 2 rings (SSSR count). The van der Waals surface area contributed by atoms with Gasteiger partial charge in [0.05, 0.1) is 11.8 Å². The minimum atomic E-state index is -0.516. The second-order valence-electron chi connectivity index (χ2n) is 4.82. The molecule has 2 atom stereocenters. The van der Waals surface area contributed by atoms with E-state index in [1.807, 2.05) is 41.2 Å². The van der Waals surface area contributed by atoms with Crippen molar-refractivity contribution in [2.45, 2.75) is 38.8 Å². The highest BCUT2D eigenvalue weighted by Gasteiger charge is 2.12. The van der Waals surface area contributed by atoms with Crippen LogP contribution in [0.4, 0.5) is 0 Å². The van der Waals surface area contributed by atoms with Crippen LogP contribution in [0.3, 0.4) is 0 Å². The number of aromatic nitrogens is 2. The Morgan fingerprint density at radius 2 is 2.16 bits per heavy atom. The van der Waals surface area contributed by atoms with Crippen LogP contribution in [0.5, 0.6) is 0 Å². The number of rotatable bonds is 5. The van der Waals surface area contributed by atoms with Crippen LogP contribution in [0.25, 0.3) is 0 Å². The Labute approximate surface area is 122 Å². The van der Waals surface area contributed by atoms with Gasteiger partial charge in [-0.2, -0.15) is 5.10 Å². The number of halogens is 1. The van der Waals surface area contributed by atoms with Crippen LogP contribution in [0.1, 0.15) is 43.7 Å². The third-order valence-electron chi connectivity index (χ3n) is 3.34. The van der Waals surface area contributed by atoms with Gasteiger partial charge in [-0.1, -0.05) is 35.0 Å². The second kappa shape index (κ2) is 6.35. The lowest BCUT2D eigenvalue weighted by Crippen LogP contribution is -2.07. The standard InChI is InChI=1S/C15H19BrN2O/c1-3-11(2)18-8-7-14(17-18)10-15(19)12-5-4-6-13(16)9-12/h4-9,11,15,19H,3,10H2,1-2H3. The van der Waals surface area contributed by atoms with Gasteiger partial charge in [-0.25, -0.2) is 0 Å². The number of benzene rings is 1. The molecule has 0 aliphatic heterocycles. The monoisotopic (exact) mass is 322 g/mol. The average molecular weight is 323 g/mol. The summed E-state index contributed by atoms with van der Waals surface area (Å²) in [6.45, 7) is 4.28. The van der Waals surface area contributed by atoms with Gasteiger partial charge in [0.1, 0.15) is 0 Å². The molecule has 2 unspecified atom stereocenters. The Morgan fingerprint density at radius 1 is 1.37 bits per heavy atom. The van der Waals surface area contributed by atoms with E-state index in [9.17, 15) is 5.11 Å². The molecule has 0 aliphatic carbocycles. The molecule has 1 heterocycles. The third kappa shape index (κ3) is 3.67. The van der Waals surface area contributed by atoms with Gasteiger partial charge in [0.25, 0.3) is 0 Å². The van der Waals surface area contributed by atoms with Gasteiger partial charge in [0, 0.05) is 23.1 Å². The molecule has 0 fully saturated rings. The molecule has 1 aromatic heterocycles. The van der Waals surface area contributed by atoms with Crippen molar-refractivity contribution in [3.8, 4) is 0 Å². The summed E-state index contributed by atoms with van der Waals surface area (Å²) < 4.78 is 2.94. The number of hydrogen-bond donors (Lipinski definition) is 1. The summed E-state index contributed by atoms with van der Waals surface area (Å²) in [7, 11) is 0. The van der Waals surface area contributed by atoms with E-state index < -0.39 is 6.10 Å². The smallest absolute Gasteiger partial charge is 0.0846 e. The summed E-state index contributed by atoms with van der Waals surface area (Å²) in [5.74, 6) is 0. The summed E-state index contributed by atoms with van der Waals surface area (Å²) >= 11 is 3.42. The lowest BCUT2D eigenvalue weighted by atomic mass is 10.1. The summed E-state index contributed by atoms with van der Waals surface area (Å²) in [5, 5.41) is 14.7. The van der Waals surface area contributed by atoms with E-state index in [0.29, 0.717) is 12.5 Å². The predicted molar refractivity (Wildman–Crippen MR) is 80.0 cm³/mol. The maximum Gasteiger partial charge on any atom is 0.0846 e. The van der Waals surface area contributed by atoms with Gasteiger partial charge in [0.2, 0.25) is 0 Å². The molecule has 2 aromatic rings. The fourth-order valence-electron chi connectivity index (χ4n) is 1.95. The van der Waals surface area contributed by atoms with Crippen molar-refractivity contribution in [1.29, 1.82) is 0 Å². The third-order valence-corrected chi connectivity index (χ3v) is 3.84. The second-order valence-corrected chi connectivity index (χ2v) is 5.73. The zero-order valence-corrected chi connectivity index (χ0v) is 12.8. The van der Waals surface area contributed by atoms with Gasteiger partial charge in [-0.15, -0.1) is 0 Å². The van der Waals surface area contributed by atoms with Crippen LogP contribution >= 0.6 is 15.9 Å². The summed E-state index contributed by atoms with van der Waals surface area (Å²) in [6.07, 6.45) is 3.06. The zero-order valence-electron chi connectivity index (χ0n) is 11.3. The van der Waals surface area contributed by atoms with Crippen LogP contribution in [-0.2, 0) is 6.42 Å². The van der Waals surface area contributed by atoms with Gasteiger partial charge in [-0.3, -0.25) is 4.68 Å². The van der Waals surface area contributed by atoms with Crippen molar-refractivity contribution >= 4 is 15.9 Å². The topological polar surface area (TPSA) is 38.0 Å². The van der Waals surface area contributed by atoms with Gasteiger partial charge >= 0.3 is 0 Å². The Hall–Kier alpha value is -1.13. The number of nitrogens with zero attached hydrogens (tertiary/aromatic N) is 2. The maximum atomic E-state index is 10.2. The number of aliphatic hydroxyl groups is 1. The lowest BCUT2D eigenvalue weighted by Gasteiger charge is -2.11. The van der Waals surface area contributed by atoms with Crippen LogP contribution in [0.15, 0.2) is 41.0 Å². The Kier molecular flexibility index (Phi) is 4.77. The van der Waals surface area contributed by atoms with E-state index in [1.54, 1.807) is 0 Å². The molecule has 0 radical (unpaired) electrons. The molecule has 0 amide bonds. The van der Waals surface area contributed by atoms with Crippen LogP contribution in [0.2, 0.25) is 0 Å². The molecule has 0 aliphatic rings. The maximum absolute atomic E-state index is 10.2. The SMILES string of the molecule is CCC(C)n1ccc(CC(O)c2cccc(Br)c2)n1. The summed E-state index contributed by atoms with van der Waals surface area (Å²) in [6, 6.07) is 10.1. The molecular formula is C15H19BrN2O. The first-order chi connectivity index (χ1) is 9.10. The number of hydrogen-bond acceptors (Lipinski definition) is 2. The molecule has 0 bridgehead atoms. The zero-order chi connectivity index (χ0) is 13.8. The molecule has 0 saturated heterocycles. The van der Waals surface area contributed by atoms with E-state index >= 15 is 0 Å². The van der Waals surface area contributed by atoms with Gasteiger partial charge < -0.3 is 5.11 Å². The first-order valence-electron chi connectivity index (χ1n) is 6.57. The Bertz CT molecular complexity index is 538. The van der Waals surface area contributed by atoms with Gasteiger partial charge in [-0.05, 0) is 37.1 Å². The Balaban J connectivity index is 2.06. The summed E-state index contributed by atoms with van der Waals surface area (Å²) in [4.78, 5) is 0. The molecular weight excluding hydrogens is 304 g/mol. The molecule has 102 valence electrons. The van der Waals surface area contributed by atoms with E-state index in [2.05, 4.69) is 34.9 Å². The quantitative estimate of drug-likeness (QED) is 0.906. The minimum Gasteiger partial charge on any atom is -0.388 e. The molecule has 1 aromatic carbocycles. The van der Waals surface area contributed by atoms with E-state index in [4.69, 9.17) is 0 Å². The van der Waals surface area contributed by atoms with Crippen LogP contribution < -0.4 is 0 Å². The fraction of sp³-hybridized carbons (Fsp3) is 0.400. The first-order valence-corrected chi connectivity index (χ1v) is 7.37. The molecule has 19 heavy (non-hydrogen) atoms. The molecule has 0 spiro atoms. The highest BCUT2D eigenvalue weighted by atomic mass is 79.9. The van der Waals surface area contributed by atoms with Crippen molar-refractivity contribution in [2.24, 2.45) is 0 Å². The van der Waals surface area contributed by atoms with E-state index in [-0.39, 0.29) is 0 Å². The number of aliphatic hydroxyl groups excluding tert-OH is 1. The Morgan fingerprint density at radius 3 is 2.84 bits per heavy atom. The largest absolute Gasteiger partial charge is 0.388 e. The highest BCUT2D eigenvalue weighted by molar-refractivity contribution is 9.10. The molecule has 1 N–H and O–H groups in total. The lowest BCUT2D eigenvalue weighted by molar-refractivity contribution is 0.176. The van der Waals surface area contributed by atoms with Crippen molar-refractivity contribution < 1.29 is 5.11 Å². The molecule has 0 saturated carbocycles. The van der Waals surface area contributed by atoms with Crippen molar-refractivity contribution in [3.05, 3.63) is 52.3 Å². The van der Waals surface area contributed by atoms with Crippen LogP contribution in [0, 0.1) is 0 Å². The first kappa shape index (κ1) is 14.3. The normalized spacial score (nSPS) is 14.3. The van der Waals surface area contributed by atoms with Gasteiger partial charge in [0.15, 0.2) is 0 Å². The minimum absolute atomic E-state index is 0.400. The van der Waals surface area contributed by atoms with Crippen molar-refractivity contribution in [3.63, 3.8) is 0 Å². The highest BCUT2D eigenvalue weighted by Crippen LogP contribution is 2.21. The van der Waals surface area contributed by atoms with Crippen molar-refractivity contribution in [1.82, 2.24) is 9.78 Å². The predicted octanol–water partition coefficient (Wildman–Crippen LogP) is 3.89. The van der Waals surface area contributed by atoms with E-state index in [0.717, 1.165) is 22.2 Å².